The summed E-state index contributed by atoms with van der Waals surface area (Å²) in [5, 5.41) is 0. The fourth-order valence-electron chi connectivity index (χ4n) is 2.31. The number of hydrogen-bond acceptors (Lipinski definition) is 3. The molecule has 1 aliphatic rings. The highest BCUT2D eigenvalue weighted by Gasteiger charge is 2.22. The van der Waals surface area contributed by atoms with Gasteiger partial charge in [-0.1, -0.05) is 13.0 Å². The molecule has 2 rings (SSSR count). The second kappa shape index (κ2) is 5.93. The van der Waals surface area contributed by atoms with Crippen LogP contribution in [0, 0.1) is 5.92 Å². The maximum atomic E-state index is 12.4. The molecule has 1 fully saturated rings. The van der Waals surface area contributed by atoms with E-state index in [4.69, 9.17) is 0 Å². The van der Waals surface area contributed by atoms with Crippen LogP contribution < -0.4 is 4.72 Å². The van der Waals surface area contributed by atoms with Crippen molar-refractivity contribution >= 4 is 15.9 Å². The van der Waals surface area contributed by atoms with Crippen LogP contribution >= 0.6 is 0 Å². The molecule has 0 aromatic heterocycles. The Labute approximate surface area is 120 Å². The molecular weight excluding hydrogens is 276 g/mol. The average Bonchev–Trinajstić information content (AvgIpc) is 2.47. The van der Waals surface area contributed by atoms with Gasteiger partial charge in [-0.3, -0.25) is 4.79 Å². The molecule has 20 heavy (non-hydrogen) atoms. The van der Waals surface area contributed by atoms with Gasteiger partial charge in [0.05, 0.1) is 4.90 Å². The van der Waals surface area contributed by atoms with E-state index in [-0.39, 0.29) is 10.8 Å². The van der Waals surface area contributed by atoms with Crippen LogP contribution in [0.5, 0.6) is 0 Å². The number of carbonyl (C=O) groups is 1. The zero-order chi connectivity index (χ0) is 14.8. The summed E-state index contributed by atoms with van der Waals surface area (Å²) in [6, 6.07) is 6.19. The summed E-state index contributed by atoms with van der Waals surface area (Å²) in [6.07, 6.45) is 2.00. The third-order valence-electron chi connectivity index (χ3n) is 3.73. The van der Waals surface area contributed by atoms with Crippen LogP contribution in [-0.2, 0) is 10.0 Å². The number of nitrogens with one attached hydrogen (secondary N) is 1. The van der Waals surface area contributed by atoms with E-state index in [0.29, 0.717) is 11.5 Å². The molecule has 5 nitrogen and oxygen atoms in total. The maximum Gasteiger partial charge on any atom is 0.253 e. The predicted octanol–water partition coefficient (Wildman–Crippen LogP) is 1.47. The minimum Gasteiger partial charge on any atom is -0.339 e. The van der Waals surface area contributed by atoms with Gasteiger partial charge in [-0.15, -0.1) is 0 Å². The highest BCUT2D eigenvalue weighted by atomic mass is 32.2. The molecule has 0 saturated carbocycles. The van der Waals surface area contributed by atoms with Crippen molar-refractivity contribution < 1.29 is 13.2 Å². The fourth-order valence-corrected chi connectivity index (χ4v) is 3.08. The van der Waals surface area contributed by atoms with E-state index in [1.54, 1.807) is 17.0 Å². The number of sulfonamides is 1. The van der Waals surface area contributed by atoms with Crippen LogP contribution in [0.25, 0.3) is 0 Å². The van der Waals surface area contributed by atoms with Gasteiger partial charge in [0.1, 0.15) is 0 Å². The number of amides is 1. The second-order valence-corrected chi connectivity index (χ2v) is 7.10. The molecule has 0 atom stereocenters. The van der Waals surface area contributed by atoms with Gasteiger partial charge in [-0.2, -0.15) is 0 Å². The topological polar surface area (TPSA) is 66.5 Å². The molecule has 1 saturated heterocycles. The van der Waals surface area contributed by atoms with Crippen molar-refractivity contribution in [3.05, 3.63) is 29.8 Å². The van der Waals surface area contributed by atoms with Gasteiger partial charge in [0.25, 0.3) is 5.91 Å². The van der Waals surface area contributed by atoms with Crippen molar-refractivity contribution in [1.82, 2.24) is 9.62 Å². The summed E-state index contributed by atoms with van der Waals surface area (Å²) in [6.45, 7) is 3.66. The van der Waals surface area contributed by atoms with Crippen molar-refractivity contribution in [3.63, 3.8) is 0 Å². The van der Waals surface area contributed by atoms with Crippen LogP contribution in [0.15, 0.2) is 29.2 Å². The van der Waals surface area contributed by atoms with Crippen molar-refractivity contribution in [1.29, 1.82) is 0 Å². The molecule has 1 aromatic rings. The zero-order valence-electron chi connectivity index (χ0n) is 11.8. The number of rotatable bonds is 3. The molecule has 0 bridgehead atoms. The van der Waals surface area contributed by atoms with Gasteiger partial charge in [0.2, 0.25) is 10.0 Å². The summed E-state index contributed by atoms with van der Waals surface area (Å²) >= 11 is 0. The second-order valence-electron chi connectivity index (χ2n) is 5.21. The van der Waals surface area contributed by atoms with Crippen molar-refractivity contribution in [2.75, 3.05) is 20.1 Å². The van der Waals surface area contributed by atoms with Crippen LogP contribution in [0.4, 0.5) is 0 Å². The normalized spacial score (nSPS) is 17.2. The molecule has 0 unspecified atom stereocenters. The molecule has 6 heteroatoms. The van der Waals surface area contributed by atoms with E-state index in [1.807, 2.05) is 0 Å². The van der Waals surface area contributed by atoms with Gasteiger partial charge >= 0.3 is 0 Å². The maximum absolute atomic E-state index is 12.4. The lowest BCUT2D eigenvalue weighted by Crippen LogP contribution is -2.38. The number of likely N-dealkylation sites (tertiary alicyclic amines) is 1. The first-order valence-corrected chi connectivity index (χ1v) is 8.25. The van der Waals surface area contributed by atoms with Crippen LogP contribution in [0.2, 0.25) is 0 Å². The quantitative estimate of drug-likeness (QED) is 0.918. The Morgan fingerprint density at radius 2 is 1.95 bits per heavy atom. The number of benzene rings is 1. The molecule has 0 aliphatic carbocycles. The Kier molecular flexibility index (Phi) is 4.45. The highest BCUT2D eigenvalue weighted by molar-refractivity contribution is 7.89. The lowest BCUT2D eigenvalue weighted by molar-refractivity contribution is 0.0697. The van der Waals surface area contributed by atoms with Crippen LogP contribution in [0.1, 0.15) is 30.1 Å². The molecule has 0 radical (unpaired) electrons. The number of carbonyl (C=O) groups excluding carboxylic acids is 1. The van der Waals surface area contributed by atoms with Crippen molar-refractivity contribution in [3.8, 4) is 0 Å². The smallest absolute Gasteiger partial charge is 0.253 e. The summed E-state index contributed by atoms with van der Waals surface area (Å²) in [5.41, 5.74) is 0.427. The number of piperidine rings is 1. The third kappa shape index (κ3) is 3.19. The molecule has 1 aliphatic heterocycles. The van der Waals surface area contributed by atoms with E-state index in [2.05, 4.69) is 11.6 Å². The molecular formula is C14H20N2O3S. The zero-order valence-corrected chi connectivity index (χ0v) is 12.6. The predicted molar refractivity (Wildman–Crippen MR) is 77.0 cm³/mol. The molecule has 1 aromatic carbocycles. The van der Waals surface area contributed by atoms with E-state index in [9.17, 15) is 13.2 Å². The van der Waals surface area contributed by atoms with E-state index in [0.717, 1.165) is 25.9 Å². The summed E-state index contributed by atoms with van der Waals surface area (Å²) < 4.78 is 25.8. The number of nitrogens with zero attached hydrogens (tertiary/aromatic N) is 1. The average molecular weight is 296 g/mol. The number of hydrogen-bond donors (Lipinski definition) is 1. The summed E-state index contributed by atoms with van der Waals surface area (Å²) in [5.74, 6) is 0.556. The lowest BCUT2D eigenvalue weighted by Gasteiger charge is -2.30. The summed E-state index contributed by atoms with van der Waals surface area (Å²) in [4.78, 5) is 14.3. The van der Waals surface area contributed by atoms with Gasteiger partial charge in [0, 0.05) is 18.7 Å². The Balaban J connectivity index is 2.21. The van der Waals surface area contributed by atoms with E-state index < -0.39 is 10.0 Å². The lowest BCUT2D eigenvalue weighted by atomic mass is 9.98. The third-order valence-corrected chi connectivity index (χ3v) is 5.14. The Hall–Kier alpha value is -1.40. The van der Waals surface area contributed by atoms with Crippen LogP contribution in [0.3, 0.4) is 0 Å². The molecule has 1 heterocycles. The monoisotopic (exact) mass is 296 g/mol. The largest absolute Gasteiger partial charge is 0.339 e. The fraction of sp³-hybridized carbons (Fsp3) is 0.500. The van der Waals surface area contributed by atoms with Crippen molar-refractivity contribution in [2.45, 2.75) is 24.7 Å². The van der Waals surface area contributed by atoms with Gasteiger partial charge in [-0.25, -0.2) is 13.1 Å². The SMILES string of the molecule is CNS(=O)(=O)c1cccc(C(=O)N2CCC(C)CC2)c1. The molecule has 1 N–H and O–H groups in total. The first kappa shape index (κ1) is 15.0. The van der Waals surface area contributed by atoms with Crippen molar-refractivity contribution in [2.24, 2.45) is 5.92 Å². The minimum atomic E-state index is -3.51. The van der Waals surface area contributed by atoms with E-state index in [1.165, 1.54) is 19.2 Å². The minimum absolute atomic E-state index is 0.0925. The van der Waals surface area contributed by atoms with Gasteiger partial charge < -0.3 is 4.90 Å². The Morgan fingerprint density at radius 3 is 2.55 bits per heavy atom. The Morgan fingerprint density at radius 1 is 1.30 bits per heavy atom. The summed E-state index contributed by atoms with van der Waals surface area (Å²) in [7, 11) is -2.16. The van der Waals surface area contributed by atoms with Gasteiger partial charge in [-0.05, 0) is 44.0 Å². The van der Waals surface area contributed by atoms with Gasteiger partial charge in [0.15, 0.2) is 0 Å². The standard InChI is InChI=1S/C14H20N2O3S/c1-11-6-8-16(9-7-11)14(17)12-4-3-5-13(10-12)20(18,19)15-2/h3-5,10-11,15H,6-9H2,1-2H3. The van der Waals surface area contributed by atoms with Crippen LogP contribution in [-0.4, -0.2) is 39.4 Å². The Bertz CT molecular complexity index is 590. The molecule has 0 spiro atoms. The molecule has 110 valence electrons. The highest BCUT2D eigenvalue weighted by Crippen LogP contribution is 2.19. The first-order chi connectivity index (χ1) is 9.44. The first-order valence-electron chi connectivity index (χ1n) is 6.77. The van der Waals surface area contributed by atoms with E-state index >= 15 is 0 Å². The molecule has 1 amide bonds.